The van der Waals surface area contributed by atoms with Crippen molar-refractivity contribution in [2.75, 3.05) is 20.2 Å². The number of nitrogens with zero attached hydrogens (tertiary/aromatic N) is 1. The Morgan fingerprint density at radius 3 is 2.73 bits per heavy atom. The molecule has 174 valence electrons. The number of ether oxygens (including phenoxy) is 3. The Kier molecular flexibility index (Phi) is 4.44. The van der Waals surface area contributed by atoms with E-state index in [2.05, 4.69) is 29.2 Å². The average Bonchev–Trinajstić information content (AvgIpc) is 3.58. The fourth-order valence-corrected chi connectivity index (χ4v) is 7.52. The van der Waals surface area contributed by atoms with Gasteiger partial charge in [0.05, 0.1) is 17.1 Å². The Balaban J connectivity index is 1.32. The van der Waals surface area contributed by atoms with Gasteiger partial charge in [0.2, 0.25) is 0 Å². The molecule has 7 rings (SSSR count). The molecule has 1 N–H and O–H groups in total. The van der Waals surface area contributed by atoms with Crippen molar-refractivity contribution in [1.29, 1.82) is 0 Å². The minimum Gasteiger partial charge on any atom is -0.485 e. The lowest BCUT2D eigenvalue weighted by molar-refractivity contribution is -0.211. The van der Waals surface area contributed by atoms with Gasteiger partial charge < -0.3 is 19.3 Å². The van der Waals surface area contributed by atoms with Crippen molar-refractivity contribution in [1.82, 2.24) is 4.90 Å². The number of methoxy groups -OCH3 is 1. The molecule has 5 heteroatoms. The van der Waals surface area contributed by atoms with E-state index in [1.807, 2.05) is 18.2 Å². The van der Waals surface area contributed by atoms with Crippen LogP contribution in [0.15, 0.2) is 42.5 Å². The van der Waals surface area contributed by atoms with Gasteiger partial charge in [-0.15, -0.1) is 0 Å². The van der Waals surface area contributed by atoms with Gasteiger partial charge in [0.1, 0.15) is 12.7 Å². The number of hydrogen-bond acceptors (Lipinski definition) is 5. The summed E-state index contributed by atoms with van der Waals surface area (Å²) in [6.45, 7) is 2.65. The zero-order chi connectivity index (χ0) is 22.2. The van der Waals surface area contributed by atoms with Gasteiger partial charge in [0.15, 0.2) is 11.5 Å². The lowest BCUT2D eigenvalue weighted by Crippen LogP contribution is -2.77. The van der Waals surface area contributed by atoms with E-state index in [1.165, 1.54) is 24.0 Å². The number of piperidine rings is 1. The van der Waals surface area contributed by atoms with E-state index in [0.29, 0.717) is 6.61 Å². The van der Waals surface area contributed by atoms with Gasteiger partial charge in [0, 0.05) is 25.3 Å². The lowest BCUT2D eigenvalue weighted by Gasteiger charge is -2.64. The first kappa shape index (κ1) is 20.3. The van der Waals surface area contributed by atoms with E-state index in [9.17, 15) is 5.11 Å². The molecule has 5 aliphatic rings. The maximum atomic E-state index is 12.5. The first-order valence-electron chi connectivity index (χ1n) is 12.6. The molecule has 2 saturated carbocycles. The number of hydrogen-bond donors (Lipinski definition) is 1. The smallest absolute Gasteiger partial charge is 0.166 e. The van der Waals surface area contributed by atoms with E-state index < -0.39 is 11.0 Å². The van der Waals surface area contributed by atoms with Crippen LogP contribution in [-0.4, -0.2) is 54.1 Å². The molecule has 3 fully saturated rings. The molecule has 1 unspecified atom stereocenters. The third kappa shape index (κ3) is 2.76. The van der Waals surface area contributed by atoms with Crippen molar-refractivity contribution in [3.63, 3.8) is 0 Å². The van der Waals surface area contributed by atoms with Crippen LogP contribution in [0.4, 0.5) is 0 Å². The van der Waals surface area contributed by atoms with Gasteiger partial charge in [-0.25, -0.2) is 0 Å². The molecule has 3 aliphatic carbocycles. The highest BCUT2D eigenvalue weighted by Crippen LogP contribution is 2.66. The highest BCUT2D eigenvalue weighted by atomic mass is 16.6. The van der Waals surface area contributed by atoms with Crippen LogP contribution < -0.4 is 9.47 Å². The van der Waals surface area contributed by atoms with Crippen molar-refractivity contribution in [2.24, 2.45) is 5.92 Å². The highest BCUT2D eigenvalue weighted by Gasteiger charge is 2.73. The van der Waals surface area contributed by atoms with Crippen LogP contribution in [-0.2, 0) is 23.2 Å². The second-order valence-electron chi connectivity index (χ2n) is 10.9. The minimum absolute atomic E-state index is 0.0127. The van der Waals surface area contributed by atoms with Gasteiger partial charge in [-0.05, 0) is 68.2 Å². The Morgan fingerprint density at radius 2 is 1.94 bits per heavy atom. The fourth-order valence-electron chi connectivity index (χ4n) is 7.52. The fraction of sp³-hybridized carbons (Fsp3) is 0.571. The molecule has 1 saturated heterocycles. The molecule has 0 aromatic heterocycles. The quantitative estimate of drug-likeness (QED) is 0.729. The van der Waals surface area contributed by atoms with Crippen LogP contribution in [0.5, 0.6) is 11.5 Å². The van der Waals surface area contributed by atoms with Crippen molar-refractivity contribution >= 4 is 0 Å². The van der Waals surface area contributed by atoms with Crippen LogP contribution in [0.25, 0.3) is 0 Å². The Morgan fingerprint density at radius 1 is 1.09 bits per heavy atom. The summed E-state index contributed by atoms with van der Waals surface area (Å²) >= 11 is 0. The van der Waals surface area contributed by atoms with Crippen molar-refractivity contribution < 1.29 is 19.3 Å². The maximum Gasteiger partial charge on any atom is 0.166 e. The summed E-state index contributed by atoms with van der Waals surface area (Å²) in [4.78, 5) is 2.61. The summed E-state index contributed by atoms with van der Waals surface area (Å²) in [5, 5.41) is 12.5. The lowest BCUT2D eigenvalue weighted by atomic mass is 9.48. The third-order valence-corrected chi connectivity index (χ3v) is 9.23. The maximum absolute atomic E-state index is 12.5. The van der Waals surface area contributed by atoms with Crippen molar-refractivity contribution in [3.8, 4) is 11.5 Å². The van der Waals surface area contributed by atoms with E-state index in [4.69, 9.17) is 14.2 Å². The molecule has 2 aromatic carbocycles. The SMILES string of the molecule is COC1CC[C@@]2(O)[C@H]3Cc4ccc(OCc5ccccc5)c5c4[C@@]2(CCN3CC2CC2)[C@H]1O5. The van der Waals surface area contributed by atoms with Gasteiger partial charge in [0.25, 0.3) is 0 Å². The second kappa shape index (κ2) is 7.21. The zero-order valence-electron chi connectivity index (χ0n) is 19.3. The van der Waals surface area contributed by atoms with Crippen LogP contribution in [0.2, 0.25) is 0 Å². The normalized spacial score (nSPS) is 36.2. The first-order valence-corrected chi connectivity index (χ1v) is 12.6. The Labute approximate surface area is 195 Å². The summed E-state index contributed by atoms with van der Waals surface area (Å²) < 4.78 is 19.0. The predicted octanol–water partition coefficient (Wildman–Crippen LogP) is 3.84. The Hall–Kier alpha value is -2.08. The number of benzene rings is 2. The molecule has 2 aromatic rings. The van der Waals surface area contributed by atoms with E-state index in [0.717, 1.165) is 61.8 Å². The van der Waals surface area contributed by atoms with Gasteiger partial charge in [-0.3, -0.25) is 4.90 Å². The highest BCUT2D eigenvalue weighted by molar-refractivity contribution is 5.63. The van der Waals surface area contributed by atoms with Gasteiger partial charge in [-0.1, -0.05) is 36.4 Å². The van der Waals surface area contributed by atoms with Crippen LogP contribution >= 0.6 is 0 Å². The summed E-state index contributed by atoms with van der Waals surface area (Å²) in [5.74, 6) is 2.46. The standard InChI is InChI=1S/C28H33NO4/c1-31-22-11-12-28(30)23-15-20-9-10-21(32-17-19-5-3-2-4-6-19)25-24(20)27(28,26(22)33-25)13-14-29(23)16-18-7-8-18/h2-6,9-10,18,22-23,26,30H,7-8,11-17H2,1H3/t22?,23-,26+,27+,28-/m1/s1. The predicted molar refractivity (Wildman–Crippen MR) is 125 cm³/mol. The Bertz CT molecular complexity index is 1070. The summed E-state index contributed by atoms with van der Waals surface area (Å²) in [6.07, 6.45) is 5.91. The average molecular weight is 448 g/mol. The number of likely N-dealkylation sites (tertiary alicyclic amines) is 1. The molecule has 2 heterocycles. The zero-order valence-corrected chi connectivity index (χ0v) is 19.3. The molecule has 0 radical (unpaired) electrons. The molecule has 33 heavy (non-hydrogen) atoms. The van der Waals surface area contributed by atoms with Crippen LogP contribution in [0, 0.1) is 5.92 Å². The molecule has 0 amide bonds. The van der Waals surface area contributed by atoms with Gasteiger partial charge >= 0.3 is 0 Å². The van der Waals surface area contributed by atoms with E-state index >= 15 is 0 Å². The first-order chi connectivity index (χ1) is 16.1. The number of rotatable bonds is 6. The summed E-state index contributed by atoms with van der Waals surface area (Å²) in [5.41, 5.74) is 2.48. The molecule has 2 bridgehead atoms. The van der Waals surface area contributed by atoms with Crippen molar-refractivity contribution in [2.45, 2.75) is 74.4 Å². The molecular formula is C28H33NO4. The molecular weight excluding hydrogens is 414 g/mol. The second-order valence-corrected chi connectivity index (χ2v) is 10.9. The van der Waals surface area contributed by atoms with Crippen molar-refractivity contribution in [3.05, 3.63) is 59.2 Å². The molecule has 5 nitrogen and oxygen atoms in total. The molecule has 5 atom stereocenters. The van der Waals surface area contributed by atoms with Gasteiger partial charge in [-0.2, -0.15) is 0 Å². The summed E-state index contributed by atoms with van der Waals surface area (Å²) in [6, 6.07) is 14.7. The third-order valence-electron chi connectivity index (χ3n) is 9.23. The monoisotopic (exact) mass is 447 g/mol. The number of aliphatic hydroxyl groups is 1. The molecule has 1 spiro atoms. The van der Waals surface area contributed by atoms with E-state index in [-0.39, 0.29) is 18.2 Å². The topological polar surface area (TPSA) is 51.2 Å². The molecule has 2 aliphatic heterocycles. The summed E-state index contributed by atoms with van der Waals surface area (Å²) in [7, 11) is 1.79. The minimum atomic E-state index is -0.782. The van der Waals surface area contributed by atoms with Crippen LogP contribution in [0.1, 0.15) is 48.8 Å². The van der Waals surface area contributed by atoms with Crippen LogP contribution in [0.3, 0.4) is 0 Å². The largest absolute Gasteiger partial charge is 0.485 e. The van der Waals surface area contributed by atoms with E-state index in [1.54, 1.807) is 7.11 Å².